The summed E-state index contributed by atoms with van der Waals surface area (Å²) in [7, 11) is 3.47. The average molecular weight is 369 g/mol. The van der Waals surface area contributed by atoms with Crippen LogP contribution in [0.15, 0.2) is 47.3 Å². The van der Waals surface area contributed by atoms with Crippen molar-refractivity contribution in [2.24, 2.45) is 14.1 Å². The Morgan fingerprint density at radius 2 is 1.70 bits per heavy atom. The highest BCUT2D eigenvalue weighted by Gasteiger charge is 2.13. The second-order valence-electron chi connectivity index (χ2n) is 7.16. The Bertz CT molecular complexity index is 971. The van der Waals surface area contributed by atoms with E-state index >= 15 is 0 Å². The second-order valence-corrected chi connectivity index (χ2v) is 7.16. The van der Waals surface area contributed by atoms with Gasteiger partial charge < -0.3 is 15.2 Å². The number of aliphatic hydroxyl groups excluding tert-OH is 1. The van der Waals surface area contributed by atoms with Crippen LogP contribution >= 0.6 is 0 Å². The molecule has 3 rings (SSSR count). The molecule has 0 radical (unpaired) electrons. The quantitative estimate of drug-likeness (QED) is 0.671. The fourth-order valence-corrected chi connectivity index (χ4v) is 3.03. The summed E-state index contributed by atoms with van der Waals surface area (Å²) in [5, 5.41) is 13.8. The third kappa shape index (κ3) is 4.23. The van der Waals surface area contributed by atoms with E-state index in [0.717, 1.165) is 28.9 Å². The van der Waals surface area contributed by atoms with Gasteiger partial charge in [0.15, 0.2) is 0 Å². The molecule has 1 aromatic heterocycles. The number of aryl methyl sites for hydroxylation is 2. The number of aliphatic hydroxyl groups is 1. The minimum absolute atomic E-state index is 0.0834. The van der Waals surface area contributed by atoms with Gasteiger partial charge in [-0.2, -0.15) is 0 Å². The number of rotatable bonds is 7. The van der Waals surface area contributed by atoms with Crippen LogP contribution in [0.4, 0.5) is 0 Å². The predicted octanol–water partition coefficient (Wildman–Crippen LogP) is 2.49. The summed E-state index contributed by atoms with van der Waals surface area (Å²) in [6, 6.07) is 13.8. The lowest BCUT2D eigenvalue weighted by atomic mass is 10.1. The number of aromatic nitrogens is 2. The molecule has 0 saturated carbocycles. The largest absolute Gasteiger partial charge is 0.491 e. The standard InChI is InChI=1S/C21H27N3O3/c1-14(2)22-12-15-5-8-17(9-6-15)27-13-20(25)16-7-10-18-19(11-16)24(4)21(26)23(18)3/h5-11,14,20,22,25H,12-13H2,1-4H3/t20-/m0/s1. The molecule has 0 unspecified atom stereocenters. The summed E-state index contributed by atoms with van der Waals surface area (Å²) >= 11 is 0. The van der Waals surface area contributed by atoms with Crippen LogP contribution in [-0.2, 0) is 20.6 Å². The van der Waals surface area contributed by atoms with Gasteiger partial charge in [0.1, 0.15) is 18.5 Å². The van der Waals surface area contributed by atoms with E-state index in [1.165, 1.54) is 5.56 Å². The normalized spacial score (nSPS) is 12.7. The smallest absolute Gasteiger partial charge is 0.328 e. The first-order valence-corrected chi connectivity index (χ1v) is 9.15. The van der Waals surface area contributed by atoms with E-state index in [1.54, 1.807) is 23.2 Å². The van der Waals surface area contributed by atoms with E-state index in [2.05, 4.69) is 19.2 Å². The van der Waals surface area contributed by atoms with Gasteiger partial charge in [-0.15, -0.1) is 0 Å². The zero-order valence-corrected chi connectivity index (χ0v) is 16.3. The molecule has 0 fully saturated rings. The number of nitrogens with zero attached hydrogens (tertiary/aromatic N) is 2. The molecule has 0 saturated heterocycles. The molecule has 1 atom stereocenters. The molecule has 0 amide bonds. The number of hydrogen-bond donors (Lipinski definition) is 2. The molecular formula is C21H27N3O3. The SMILES string of the molecule is CC(C)NCc1ccc(OC[C@H](O)c2ccc3c(c2)n(C)c(=O)n3C)cc1. The highest BCUT2D eigenvalue weighted by atomic mass is 16.5. The molecule has 0 aliphatic rings. The third-order valence-corrected chi connectivity index (χ3v) is 4.73. The van der Waals surface area contributed by atoms with Crippen molar-refractivity contribution in [1.29, 1.82) is 0 Å². The zero-order chi connectivity index (χ0) is 19.6. The second kappa shape index (κ2) is 7.98. The summed E-state index contributed by atoms with van der Waals surface area (Å²) in [5.41, 5.74) is 3.46. The van der Waals surface area contributed by atoms with Gasteiger partial charge in [-0.05, 0) is 35.4 Å². The summed E-state index contributed by atoms with van der Waals surface area (Å²) in [4.78, 5) is 12.0. The number of imidazole rings is 1. The van der Waals surface area contributed by atoms with E-state index in [1.807, 2.05) is 42.5 Å². The lowest BCUT2D eigenvalue weighted by Crippen LogP contribution is -2.21. The molecular weight excluding hydrogens is 342 g/mol. The number of ether oxygens (including phenoxy) is 1. The van der Waals surface area contributed by atoms with Crippen molar-refractivity contribution < 1.29 is 9.84 Å². The fraction of sp³-hybridized carbons (Fsp3) is 0.381. The molecule has 6 nitrogen and oxygen atoms in total. The van der Waals surface area contributed by atoms with Crippen molar-refractivity contribution in [3.63, 3.8) is 0 Å². The van der Waals surface area contributed by atoms with Crippen molar-refractivity contribution in [2.75, 3.05) is 6.61 Å². The number of hydrogen-bond acceptors (Lipinski definition) is 4. The zero-order valence-electron chi connectivity index (χ0n) is 16.3. The van der Waals surface area contributed by atoms with E-state index in [-0.39, 0.29) is 12.3 Å². The first-order chi connectivity index (χ1) is 12.9. The Kier molecular flexibility index (Phi) is 5.68. The third-order valence-electron chi connectivity index (χ3n) is 4.73. The van der Waals surface area contributed by atoms with Gasteiger partial charge >= 0.3 is 5.69 Å². The summed E-state index contributed by atoms with van der Waals surface area (Å²) in [6.45, 7) is 5.19. The molecule has 27 heavy (non-hydrogen) atoms. The van der Waals surface area contributed by atoms with Gasteiger partial charge in [-0.3, -0.25) is 9.13 Å². The summed E-state index contributed by atoms with van der Waals surface area (Å²) in [5.74, 6) is 0.718. The lowest BCUT2D eigenvalue weighted by Gasteiger charge is -2.14. The van der Waals surface area contributed by atoms with Crippen LogP contribution in [0.1, 0.15) is 31.1 Å². The van der Waals surface area contributed by atoms with Crippen molar-refractivity contribution in [3.8, 4) is 5.75 Å². The van der Waals surface area contributed by atoms with E-state index in [9.17, 15) is 9.90 Å². The van der Waals surface area contributed by atoms with Crippen molar-refractivity contribution in [1.82, 2.24) is 14.5 Å². The Labute approximate surface area is 159 Å². The minimum atomic E-state index is -0.771. The fourth-order valence-electron chi connectivity index (χ4n) is 3.03. The average Bonchev–Trinajstić information content (AvgIpc) is 2.89. The highest BCUT2D eigenvalue weighted by Crippen LogP contribution is 2.21. The van der Waals surface area contributed by atoms with Gasteiger partial charge in [-0.1, -0.05) is 32.0 Å². The van der Waals surface area contributed by atoms with Gasteiger partial charge in [0.2, 0.25) is 0 Å². The van der Waals surface area contributed by atoms with Gasteiger partial charge in [0.25, 0.3) is 0 Å². The molecule has 0 aliphatic carbocycles. The number of benzene rings is 2. The molecule has 0 spiro atoms. The first-order valence-electron chi connectivity index (χ1n) is 9.15. The molecule has 6 heteroatoms. The molecule has 1 heterocycles. The van der Waals surface area contributed by atoms with Gasteiger partial charge in [0, 0.05) is 26.7 Å². The van der Waals surface area contributed by atoms with E-state index in [0.29, 0.717) is 6.04 Å². The maximum absolute atomic E-state index is 12.0. The monoisotopic (exact) mass is 369 g/mol. The van der Waals surface area contributed by atoms with Gasteiger partial charge in [0.05, 0.1) is 11.0 Å². The minimum Gasteiger partial charge on any atom is -0.491 e. The number of nitrogens with one attached hydrogen (secondary N) is 1. The van der Waals surface area contributed by atoms with Crippen LogP contribution in [0, 0.1) is 0 Å². The first kappa shape index (κ1) is 19.2. The topological polar surface area (TPSA) is 68.4 Å². The molecule has 2 aromatic carbocycles. The van der Waals surface area contributed by atoms with Crippen LogP contribution in [0.25, 0.3) is 11.0 Å². The summed E-state index contributed by atoms with van der Waals surface area (Å²) < 4.78 is 8.90. The lowest BCUT2D eigenvalue weighted by molar-refractivity contribution is 0.108. The van der Waals surface area contributed by atoms with Crippen LogP contribution in [0.2, 0.25) is 0 Å². The van der Waals surface area contributed by atoms with Crippen molar-refractivity contribution in [2.45, 2.75) is 32.5 Å². The Morgan fingerprint density at radius 3 is 2.37 bits per heavy atom. The maximum atomic E-state index is 12.0. The molecule has 2 N–H and O–H groups in total. The van der Waals surface area contributed by atoms with E-state index in [4.69, 9.17) is 4.74 Å². The van der Waals surface area contributed by atoms with Crippen LogP contribution < -0.4 is 15.7 Å². The Morgan fingerprint density at radius 1 is 1.04 bits per heavy atom. The van der Waals surface area contributed by atoms with Gasteiger partial charge in [-0.25, -0.2) is 4.79 Å². The van der Waals surface area contributed by atoms with Crippen LogP contribution in [0.3, 0.4) is 0 Å². The van der Waals surface area contributed by atoms with Crippen molar-refractivity contribution >= 4 is 11.0 Å². The van der Waals surface area contributed by atoms with Crippen LogP contribution in [-0.4, -0.2) is 26.9 Å². The molecule has 144 valence electrons. The summed E-state index contributed by atoms with van der Waals surface area (Å²) in [6.07, 6.45) is -0.771. The van der Waals surface area contributed by atoms with E-state index < -0.39 is 6.10 Å². The molecule has 0 bridgehead atoms. The Hall–Kier alpha value is -2.57. The van der Waals surface area contributed by atoms with Crippen molar-refractivity contribution in [3.05, 3.63) is 64.1 Å². The predicted molar refractivity (Wildman–Crippen MR) is 107 cm³/mol. The van der Waals surface area contributed by atoms with Crippen LogP contribution in [0.5, 0.6) is 5.75 Å². The highest BCUT2D eigenvalue weighted by molar-refractivity contribution is 5.76. The maximum Gasteiger partial charge on any atom is 0.328 e. The number of fused-ring (bicyclic) bond motifs is 1. The molecule has 0 aliphatic heterocycles. The molecule has 3 aromatic rings. The Balaban J connectivity index is 1.65.